The summed E-state index contributed by atoms with van der Waals surface area (Å²) in [5.41, 5.74) is 0.768. The molecule has 0 saturated heterocycles. The van der Waals surface area contributed by atoms with Crippen LogP contribution >= 0.6 is 22.9 Å². The number of carbonyl (C=O) groups is 2. The van der Waals surface area contributed by atoms with Gasteiger partial charge in [-0.3, -0.25) is 9.59 Å². The normalized spacial score (nSPS) is 10.8. The number of aromatic nitrogens is 1. The lowest BCUT2D eigenvalue weighted by Gasteiger charge is -2.21. The molecule has 25 heavy (non-hydrogen) atoms. The van der Waals surface area contributed by atoms with Crippen LogP contribution in [0.25, 0.3) is 10.9 Å². The number of rotatable bonds is 4. The number of pyridine rings is 1. The maximum absolute atomic E-state index is 12.0. The number of aromatic carboxylic acids is 1. The number of carbonyl (C=O) groups excluding carboxylic acids is 1. The van der Waals surface area contributed by atoms with Crippen LogP contribution < -0.4 is 10.5 Å². The highest BCUT2D eigenvalue weighted by Gasteiger charge is 2.17. The fraction of sp³-hybridized carbons (Fsp3) is 0.118. The monoisotopic (exact) mass is 376 g/mol. The highest BCUT2D eigenvalue weighted by atomic mass is 35.5. The molecule has 128 valence electrons. The van der Waals surface area contributed by atoms with Crippen molar-refractivity contribution in [1.82, 2.24) is 4.98 Å². The van der Waals surface area contributed by atoms with E-state index in [-0.39, 0.29) is 18.0 Å². The second-order valence-corrected chi connectivity index (χ2v) is 6.65. The van der Waals surface area contributed by atoms with Crippen LogP contribution in [-0.2, 0) is 11.3 Å². The average molecular weight is 377 g/mol. The summed E-state index contributed by atoms with van der Waals surface area (Å²) in [5, 5.41) is 13.7. The number of benzene rings is 1. The molecule has 0 radical (unpaired) electrons. The first-order valence-corrected chi connectivity index (χ1v) is 8.58. The molecule has 2 N–H and O–H groups in total. The molecule has 0 aliphatic rings. The Morgan fingerprint density at radius 3 is 2.68 bits per heavy atom. The van der Waals surface area contributed by atoms with Gasteiger partial charge in [0.1, 0.15) is 5.56 Å². The minimum absolute atomic E-state index is 0.156. The second kappa shape index (κ2) is 6.70. The van der Waals surface area contributed by atoms with Gasteiger partial charge in [-0.15, -0.1) is 0 Å². The van der Waals surface area contributed by atoms with Crippen LogP contribution in [0.4, 0.5) is 5.69 Å². The Labute approximate surface area is 151 Å². The summed E-state index contributed by atoms with van der Waals surface area (Å²) >= 11 is 7.61. The predicted octanol–water partition coefficient (Wildman–Crippen LogP) is 3.49. The average Bonchev–Trinajstić information content (AvgIpc) is 3.05. The molecule has 3 rings (SSSR count). The van der Waals surface area contributed by atoms with Gasteiger partial charge in [-0.1, -0.05) is 11.6 Å². The quantitative estimate of drug-likeness (QED) is 0.729. The first-order valence-electron chi connectivity index (χ1n) is 7.26. The standard InChI is InChI=1S/C17H13ClN2O4S/c1-9(21)20(13-2-3-25-8-13)7-11-5-12(18)4-10-6-14(17(23)24)16(22)19-15(10)11/h2-6,8H,7H2,1H3,(H,19,22)(H,23,24). The number of halogens is 1. The molecular formula is C17H13ClN2O4S. The van der Waals surface area contributed by atoms with Crippen molar-refractivity contribution in [2.24, 2.45) is 0 Å². The summed E-state index contributed by atoms with van der Waals surface area (Å²) in [4.78, 5) is 39.3. The lowest BCUT2D eigenvalue weighted by molar-refractivity contribution is -0.116. The molecule has 6 nitrogen and oxygen atoms in total. The van der Waals surface area contributed by atoms with Gasteiger partial charge < -0.3 is 15.0 Å². The SMILES string of the molecule is CC(=O)N(Cc1cc(Cl)cc2cc(C(=O)O)c(=O)[nH]c12)c1ccsc1. The van der Waals surface area contributed by atoms with Crippen LogP contribution in [0, 0.1) is 0 Å². The van der Waals surface area contributed by atoms with Gasteiger partial charge in [0.15, 0.2) is 0 Å². The van der Waals surface area contributed by atoms with Crippen molar-refractivity contribution in [1.29, 1.82) is 0 Å². The molecule has 2 aromatic heterocycles. The van der Waals surface area contributed by atoms with Crippen molar-refractivity contribution in [2.75, 3.05) is 4.90 Å². The van der Waals surface area contributed by atoms with E-state index >= 15 is 0 Å². The molecule has 2 heterocycles. The Hall–Kier alpha value is -2.64. The van der Waals surface area contributed by atoms with Crippen LogP contribution in [0.1, 0.15) is 22.8 Å². The minimum Gasteiger partial charge on any atom is -0.477 e. The van der Waals surface area contributed by atoms with Gasteiger partial charge >= 0.3 is 5.97 Å². The van der Waals surface area contributed by atoms with Crippen molar-refractivity contribution in [2.45, 2.75) is 13.5 Å². The number of nitrogens with zero attached hydrogens (tertiary/aromatic N) is 1. The molecule has 8 heteroatoms. The Balaban J connectivity index is 2.15. The number of thiophene rings is 1. The smallest absolute Gasteiger partial charge is 0.341 e. The lowest BCUT2D eigenvalue weighted by atomic mass is 10.1. The van der Waals surface area contributed by atoms with Crippen molar-refractivity contribution >= 4 is 51.4 Å². The molecule has 0 bridgehead atoms. The van der Waals surface area contributed by atoms with Crippen molar-refractivity contribution in [3.63, 3.8) is 0 Å². The van der Waals surface area contributed by atoms with Gasteiger partial charge in [0, 0.05) is 22.7 Å². The topological polar surface area (TPSA) is 90.5 Å². The van der Waals surface area contributed by atoms with Gasteiger partial charge in [0.05, 0.1) is 17.7 Å². The Morgan fingerprint density at radius 1 is 1.32 bits per heavy atom. The fourth-order valence-electron chi connectivity index (χ4n) is 2.60. The molecule has 1 amide bonds. The zero-order chi connectivity index (χ0) is 18.1. The largest absolute Gasteiger partial charge is 0.477 e. The number of hydrogen-bond donors (Lipinski definition) is 2. The number of nitrogens with one attached hydrogen (secondary N) is 1. The number of aromatic amines is 1. The molecular weight excluding hydrogens is 364 g/mol. The molecule has 0 fully saturated rings. The number of amides is 1. The van der Waals surface area contributed by atoms with Crippen molar-refractivity contribution < 1.29 is 14.7 Å². The Morgan fingerprint density at radius 2 is 2.08 bits per heavy atom. The molecule has 0 atom stereocenters. The van der Waals surface area contributed by atoms with Gasteiger partial charge in [-0.25, -0.2) is 4.79 Å². The first-order chi connectivity index (χ1) is 11.9. The van der Waals surface area contributed by atoms with E-state index in [4.69, 9.17) is 16.7 Å². The maximum atomic E-state index is 12.0. The van der Waals surface area contributed by atoms with Gasteiger partial charge in [-0.05, 0) is 35.2 Å². The molecule has 1 aromatic carbocycles. The van der Waals surface area contributed by atoms with E-state index in [0.717, 1.165) is 5.69 Å². The molecule has 0 unspecified atom stereocenters. The molecule has 0 spiro atoms. The maximum Gasteiger partial charge on any atom is 0.341 e. The summed E-state index contributed by atoms with van der Waals surface area (Å²) in [6.45, 7) is 1.65. The minimum atomic E-state index is -1.31. The summed E-state index contributed by atoms with van der Waals surface area (Å²) in [6, 6.07) is 6.34. The highest BCUT2D eigenvalue weighted by molar-refractivity contribution is 7.08. The zero-order valence-corrected chi connectivity index (χ0v) is 14.6. The van der Waals surface area contributed by atoms with Gasteiger partial charge in [0.25, 0.3) is 5.56 Å². The number of fused-ring (bicyclic) bond motifs is 1. The molecule has 0 aliphatic heterocycles. The van der Waals surface area contributed by atoms with E-state index in [9.17, 15) is 14.4 Å². The number of hydrogen-bond acceptors (Lipinski definition) is 4. The number of carboxylic acids is 1. The van der Waals surface area contributed by atoms with Gasteiger partial charge in [-0.2, -0.15) is 11.3 Å². The Kier molecular flexibility index (Phi) is 4.61. The molecule has 0 aliphatic carbocycles. The summed E-state index contributed by atoms with van der Waals surface area (Å²) in [6.07, 6.45) is 0. The summed E-state index contributed by atoms with van der Waals surface area (Å²) < 4.78 is 0. The first kappa shape index (κ1) is 17.2. The molecule has 0 saturated carbocycles. The van der Waals surface area contributed by atoms with Crippen LogP contribution in [-0.4, -0.2) is 22.0 Å². The third kappa shape index (κ3) is 3.42. The van der Waals surface area contributed by atoms with Crippen LogP contribution in [0.5, 0.6) is 0 Å². The van der Waals surface area contributed by atoms with Crippen LogP contribution in [0.2, 0.25) is 5.02 Å². The van der Waals surface area contributed by atoms with E-state index < -0.39 is 11.5 Å². The zero-order valence-electron chi connectivity index (χ0n) is 13.1. The number of carboxylic acid groups (broad SMARTS) is 1. The van der Waals surface area contributed by atoms with Crippen molar-refractivity contribution in [3.05, 3.63) is 61.5 Å². The number of anilines is 1. The van der Waals surface area contributed by atoms with E-state index in [2.05, 4.69) is 4.98 Å². The van der Waals surface area contributed by atoms with Crippen molar-refractivity contribution in [3.8, 4) is 0 Å². The van der Waals surface area contributed by atoms with E-state index in [1.807, 2.05) is 16.8 Å². The fourth-order valence-corrected chi connectivity index (χ4v) is 3.49. The third-order valence-electron chi connectivity index (χ3n) is 3.76. The summed E-state index contributed by atoms with van der Waals surface area (Å²) in [5.74, 6) is -1.47. The lowest BCUT2D eigenvalue weighted by Crippen LogP contribution is -2.28. The molecule has 3 aromatic rings. The van der Waals surface area contributed by atoms with E-state index in [1.54, 1.807) is 17.0 Å². The van der Waals surface area contributed by atoms with Gasteiger partial charge in [0.2, 0.25) is 5.91 Å². The van der Waals surface area contributed by atoms with Crippen LogP contribution in [0.15, 0.2) is 39.8 Å². The van der Waals surface area contributed by atoms with Crippen LogP contribution in [0.3, 0.4) is 0 Å². The summed E-state index contributed by atoms with van der Waals surface area (Å²) in [7, 11) is 0. The third-order valence-corrected chi connectivity index (χ3v) is 4.64. The Bertz CT molecular complexity index is 1030. The van der Waals surface area contributed by atoms with E-state index in [0.29, 0.717) is 21.5 Å². The van der Waals surface area contributed by atoms with E-state index in [1.165, 1.54) is 24.3 Å². The predicted molar refractivity (Wildman–Crippen MR) is 97.7 cm³/mol. The highest BCUT2D eigenvalue weighted by Crippen LogP contribution is 2.26. The second-order valence-electron chi connectivity index (χ2n) is 5.43. The number of H-pyrrole nitrogens is 1.